The standard InChI is InChI=1S/C18H20N2S/c1-11-5-7-16(12(2)9-11)13(3)19-15-6-8-17-18(10-15)21-14(4)20-17/h5-10,13,19H,1-4H3. The van der Waals surface area contributed by atoms with E-state index in [-0.39, 0.29) is 6.04 Å². The van der Waals surface area contributed by atoms with Crippen LogP contribution in [0.15, 0.2) is 36.4 Å². The van der Waals surface area contributed by atoms with Crippen molar-refractivity contribution in [2.75, 3.05) is 5.32 Å². The fourth-order valence-electron chi connectivity index (χ4n) is 2.77. The van der Waals surface area contributed by atoms with Crippen molar-refractivity contribution in [3.8, 4) is 0 Å². The summed E-state index contributed by atoms with van der Waals surface area (Å²) in [6, 6.07) is 13.3. The summed E-state index contributed by atoms with van der Waals surface area (Å²) in [4.78, 5) is 4.51. The minimum absolute atomic E-state index is 0.289. The predicted molar refractivity (Wildman–Crippen MR) is 92.3 cm³/mol. The van der Waals surface area contributed by atoms with Gasteiger partial charge in [-0.2, -0.15) is 0 Å². The van der Waals surface area contributed by atoms with Crippen molar-refractivity contribution in [3.05, 3.63) is 58.1 Å². The van der Waals surface area contributed by atoms with Gasteiger partial charge in [-0.05, 0) is 57.0 Å². The zero-order valence-corrected chi connectivity index (χ0v) is 13.7. The Morgan fingerprint density at radius 3 is 2.62 bits per heavy atom. The van der Waals surface area contributed by atoms with Crippen LogP contribution in [0.5, 0.6) is 0 Å². The van der Waals surface area contributed by atoms with Crippen LogP contribution in [-0.4, -0.2) is 4.98 Å². The molecule has 1 unspecified atom stereocenters. The number of hydrogen-bond acceptors (Lipinski definition) is 3. The van der Waals surface area contributed by atoms with Gasteiger partial charge in [-0.15, -0.1) is 11.3 Å². The molecule has 0 aliphatic heterocycles. The molecule has 1 N–H and O–H groups in total. The summed E-state index contributed by atoms with van der Waals surface area (Å²) in [5.74, 6) is 0. The first-order chi connectivity index (χ1) is 10.0. The van der Waals surface area contributed by atoms with E-state index in [0.29, 0.717) is 0 Å². The number of aromatic nitrogens is 1. The highest BCUT2D eigenvalue weighted by Gasteiger charge is 2.09. The fourth-order valence-corrected chi connectivity index (χ4v) is 3.64. The van der Waals surface area contributed by atoms with Crippen LogP contribution < -0.4 is 5.32 Å². The molecule has 3 aromatic rings. The molecule has 3 rings (SSSR count). The maximum absolute atomic E-state index is 4.51. The van der Waals surface area contributed by atoms with Gasteiger partial charge in [-0.3, -0.25) is 0 Å². The van der Waals surface area contributed by atoms with Gasteiger partial charge in [-0.1, -0.05) is 23.8 Å². The van der Waals surface area contributed by atoms with E-state index in [1.165, 1.54) is 21.4 Å². The lowest BCUT2D eigenvalue weighted by atomic mass is 10.00. The maximum atomic E-state index is 4.51. The third-order valence-corrected chi connectivity index (χ3v) is 4.70. The lowest BCUT2D eigenvalue weighted by Gasteiger charge is -2.18. The molecule has 2 aromatic carbocycles. The van der Waals surface area contributed by atoms with Gasteiger partial charge in [-0.25, -0.2) is 4.98 Å². The summed E-state index contributed by atoms with van der Waals surface area (Å²) in [6.07, 6.45) is 0. The summed E-state index contributed by atoms with van der Waals surface area (Å²) in [5, 5.41) is 4.71. The molecular formula is C18H20N2S. The van der Waals surface area contributed by atoms with Gasteiger partial charge in [0.05, 0.1) is 15.2 Å². The highest BCUT2D eigenvalue weighted by atomic mass is 32.1. The summed E-state index contributed by atoms with van der Waals surface area (Å²) in [5.41, 5.74) is 6.23. The third-order valence-electron chi connectivity index (χ3n) is 3.77. The second-order valence-electron chi connectivity index (χ2n) is 5.64. The molecule has 0 radical (unpaired) electrons. The lowest BCUT2D eigenvalue weighted by Crippen LogP contribution is -2.08. The van der Waals surface area contributed by atoms with Crippen LogP contribution in [0.4, 0.5) is 5.69 Å². The van der Waals surface area contributed by atoms with E-state index in [4.69, 9.17) is 0 Å². The molecule has 1 aromatic heterocycles. The molecule has 0 saturated heterocycles. The van der Waals surface area contributed by atoms with E-state index in [0.717, 1.165) is 16.2 Å². The molecule has 0 aliphatic rings. The number of hydrogen-bond donors (Lipinski definition) is 1. The van der Waals surface area contributed by atoms with Crippen LogP contribution >= 0.6 is 11.3 Å². The zero-order chi connectivity index (χ0) is 15.0. The Kier molecular flexibility index (Phi) is 3.68. The molecule has 2 nitrogen and oxygen atoms in total. The minimum Gasteiger partial charge on any atom is -0.378 e. The van der Waals surface area contributed by atoms with Crippen molar-refractivity contribution in [3.63, 3.8) is 0 Å². The Morgan fingerprint density at radius 2 is 1.86 bits per heavy atom. The van der Waals surface area contributed by atoms with Crippen LogP contribution in [0, 0.1) is 20.8 Å². The number of rotatable bonds is 3. The highest BCUT2D eigenvalue weighted by molar-refractivity contribution is 7.18. The average Bonchev–Trinajstić information content (AvgIpc) is 2.77. The molecule has 0 bridgehead atoms. The summed E-state index contributed by atoms with van der Waals surface area (Å²) >= 11 is 1.74. The molecule has 0 spiro atoms. The first-order valence-electron chi connectivity index (χ1n) is 7.24. The van der Waals surface area contributed by atoms with Crippen LogP contribution in [0.1, 0.15) is 34.7 Å². The summed E-state index contributed by atoms with van der Waals surface area (Å²) < 4.78 is 1.24. The molecule has 3 heteroatoms. The molecule has 0 aliphatic carbocycles. The topological polar surface area (TPSA) is 24.9 Å². The van der Waals surface area contributed by atoms with E-state index >= 15 is 0 Å². The van der Waals surface area contributed by atoms with Crippen LogP contribution in [-0.2, 0) is 0 Å². The van der Waals surface area contributed by atoms with Crippen LogP contribution in [0.2, 0.25) is 0 Å². The van der Waals surface area contributed by atoms with Crippen molar-refractivity contribution in [1.82, 2.24) is 4.98 Å². The Morgan fingerprint density at radius 1 is 1.05 bits per heavy atom. The first-order valence-corrected chi connectivity index (χ1v) is 8.05. The Bertz CT molecular complexity index is 789. The number of aryl methyl sites for hydroxylation is 3. The van der Waals surface area contributed by atoms with Crippen molar-refractivity contribution in [2.24, 2.45) is 0 Å². The van der Waals surface area contributed by atoms with Crippen LogP contribution in [0.3, 0.4) is 0 Å². The molecular weight excluding hydrogens is 276 g/mol. The zero-order valence-electron chi connectivity index (χ0n) is 12.9. The van der Waals surface area contributed by atoms with Gasteiger partial charge in [0.25, 0.3) is 0 Å². The van der Waals surface area contributed by atoms with E-state index in [2.05, 4.69) is 74.4 Å². The molecule has 1 atom stereocenters. The number of thiazole rings is 1. The number of fused-ring (bicyclic) bond motifs is 1. The number of nitrogens with one attached hydrogen (secondary N) is 1. The van der Waals surface area contributed by atoms with Crippen molar-refractivity contribution < 1.29 is 0 Å². The van der Waals surface area contributed by atoms with Gasteiger partial charge in [0.2, 0.25) is 0 Å². The summed E-state index contributed by atoms with van der Waals surface area (Å²) in [6.45, 7) is 8.57. The Labute approximate surface area is 129 Å². The second kappa shape index (κ2) is 5.49. The molecule has 0 saturated carbocycles. The molecule has 21 heavy (non-hydrogen) atoms. The van der Waals surface area contributed by atoms with Crippen LogP contribution in [0.25, 0.3) is 10.2 Å². The SMILES string of the molecule is Cc1ccc(C(C)Nc2ccc3nc(C)sc3c2)c(C)c1. The summed E-state index contributed by atoms with van der Waals surface area (Å²) in [7, 11) is 0. The Balaban J connectivity index is 1.86. The van der Waals surface area contributed by atoms with E-state index in [1.54, 1.807) is 11.3 Å². The van der Waals surface area contributed by atoms with Gasteiger partial charge in [0.15, 0.2) is 0 Å². The average molecular weight is 296 g/mol. The Hall–Kier alpha value is -1.87. The van der Waals surface area contributed by atoms with Crippen molar-refractivity contribution >= 4 is 27.2 Å². The van der Waals surface area contributed by atoms with E-state index in [9.17, 15) is 0 Å². The largest absolute Gasteiger partial charge is 0.378 e. The van der Waals surface area contributed by atoms with Crippen molar-refractivity contribution in [2.45, 2.75) is 33.7 Å². The smallest absolute Gasteiger partial charge is 0.0907 e. The monoisotopic (exact) mass is 296 g/mol. The highest BCUT2D eigenvalue weighted by Crippen LogP contribution is 2.28. The maximum Gasteiger partial charge on any atom is 0.0907 e. The molecule has 108 valence electrons. The number of anilines is 1. The lowest BCUT2D eigenvalue weighted by molar-refractivity contribution is 0.873. The fraction of sp³-hybridized carbons (Fsp3) is 0.278. The second-order valence-corrected chi connectivity index (χ2v) is 6.88. The van der Waals surface area contributed by atoms with Gasteiger partial charge < -0.3 is 5.32 Å². The predicted octanol–water partition coefficient (Wildman–Crippen LogP) is 5.39. The van der Waals surface area contributed by atoms with Gasteiger partial charge in [0.1, 0.15) is 0 Å². The molecule has 0 fully saturated rings. The first kappa shape index (κ1) is 14.1. The molecule has 1 heterocycles. The quantitative estimate of drug-likeness (QED) is 0.700. The van der Waals surface area contributed by atoms with Crippen molar-refractivity contribution in [1.29, 1.82) is 0 Å². The van der Waals surface area contributed by atoms with E-state index in [1.807, 2.05) is 0 Å². The number of benzene rings is 2. The van der Waals surface area contributed by atoms with E-state index < -0.39 is 0 Å². The van der Waals surface area contributed by atoms with Gasteiger partial charge >= 0.3 is 0 Å². The molecule has 0 amide bonds. The third kappa shape index (κ3) is 2.93. The normalized spacial score (nSPS) is 12.6. The minimum atomic E-state index is 0.289. The van der Waals surface area contributed by atoms with Gasteiger partial charge in [0, 0.05) is 11.7 Å². The number of nitrogens with zero attached hydrogens (tertiary/aromatic N) is 1.